The van der Waals surface area contributed by atoms with Crippen molar-refractivity contribution in [3.63, 3.8) is 0 Å². The summed E-state index contributed by atoms with van der Waals surface area (Å²) in [4.78, 5) is 23.9. The summed E-state index contributed by atoms with van der Waals surface area (Å²) in [5, 5.41) is 11.6. The van der Waals surface area contributed by atoms with Crippen LogP contribution >= 0.6 is 0 Å². The van der Waals surface area contributed by atoms with Gasteiger partial charge in [0.1, 0.15) is 0 Å². The van der Waals surface area contributed by atoms with E-state index in [9.17, 15) is 9.59 Å². The van der Waals surface area contributed by atoms with Crippen LogP contribution in [0.15, 0.2) is 0 Å². The van der Waals surface area contributed by atoms with Gasteiger partial charge in [-0.2, -0.15) is 0 Å². The largest absolute Gasteiger partial charge is 0.481 e. The average Bonchev–Trinajstić information content (AvgIpc) is 2.27. The van der Waals surface area contributed by atoms with Crippen LogP contribution < -0.4 is 5.32 Å². The van der Waals surface area contributed by atoms with Crippen molar-refractivity contribution in [1.29, 1.82) is 0 Å². The number of nitrogens with one attached hydrogen (secondary N) is 1. The van der Waals surface area contributed by atoms with Crippen LogP contribution in [0.1, 0.15) is 26.2 Å². The Morgan fingerprint density at radius 3 is 2.50 bits per heavy atom. The van der Waals surface area contributed by atoms with E-state index in [2.05, 4.69) is 5.32 Å². The lowest BCUT2D eigenvalue weighted by molar-refractivity contribution is -0.141. The molecule has 0 bridgehead atoms. The molecule has 1 saturated carbocycles. The Kier molecular flexibility index (Phi) is 4.95. The third-order valence-corrected chi connectivity index (χ3v) is 3.58. The van der Waals surface area contributed by atoms with Crippen molar-refractivity contribution in [2.75, 3.05) is 27.2 Å². The number of aliphatic carboxylic acids is 1. The molecule has 0 aliphatic heterocycles. The number of nitrogens with zero attached hydrogens (tertiary/aromatic N) is 1. The molecule has 6 nitrogen and oxygen atoms in total. The van der Waals surface area contributed by atoms with Crippen LogP contribution in [0.3, 0.4) is 0 Å². The molecule has 0 heterocycles. The second-order valence-corrected chi connectivity index (χ2v) is 5.02. The zero-order valence-electron chi connectivity index (χ0n) is 11.2. The number of urea groups is 1. The van der Waals surface area contributed by atoms with Crippen molar-refractivity contribution in [2.45, 2.75) is 31.8 Å². The molecule has 6 heteroatoms. The van der Waals surface area contributed by atoms with Crippen molar-refractivity contribution in [2.24, 2.45) is 5.92 Å². The predicted molar refractivity (Wildman–Crippen MR) is 66.4 cm³/mol. The molecule has 0 aromatic carbocycles. The van der Waals surface area contributed by atoms with E-state index in [-0.39, 0.29) is 18.2 Å². The molecule has 18 heavy (non-hydrogen) atoms. The first-order chi connectivity index (χ1) is 8.40. The quantitative estimate of drug-likeness (QED) is 0.742. The zero-order chi connectivity index (χ0) is 13.8. The number of methoxy groups -OCH3 is 1. The van der Waals surface area contributed by atoms with Gasteiger partial charge in [-0.15, -0.1) is 0 Å². The van der Waals surface area contributed by atoms with Gasteiger partial charge in [0.05, 0.1) is 11.5 Å². The van der Waals surface area contributed by atoms with Gasteiger partial charge in [0.2, 0.25) is 0 Å². The second kappa shape index (κ2) is 6.04. The van der Waals surface area contributed by atoms with Crippen molar-refractivity contribution < 1.29 is 19.4 Å². The van der Waals surface area contributed by atoms with Gasteiger partial charge in [-0.05, 0) is 19.3 Å². The number of carbonyl (C=O) groups is 2. The third kappa shape index (κ3) is 3.60. The van der Waals surface area contributed by atoms with E-state index in [0.29, 0.717) is 6.54 Å². The van der Waals surface area contributed by atoms with Gasteiger partial charge >= 0.3 is 12.0 Å². The monoisotopic (exact) mass is 258 g/mol. The summed E-state index contributed by atoms with van der Waals surface area (Å²) in [6, 6.07) is -0.258. The number of carboxylic acids is 1. The minimum absolute atomic E-state index is 0.196. The molecular weight excluding hydrogens is 236 g/mol. The van der Waals surface area contributed by atoms with Gasteiger partial charge in [-0.1, -0.05) is 6.92 Å². The molecule has 1 aliphatic carbocycles. The fourth-order valence-corrected chi connectivity index (χ4v) is 1.97. The molecule has 1 rings (SSSR count). The smallest absolute Gasteiger partial charge is 0.317 e. The molecule has 1 aliphatic rings. The van der Waals surface area contributed by atoms with Gasteiger partial charge in [0, 0.05) is 27.2 Å². The van der Waals surface area contributed by atoms with Crippen LogP contribution in [-0.2, 0) is 9.53 Å². The summed E-state index contributed by atoms with van der Waals surface area (Å²) in [7, 11) is 3.25. The standard InChI is InChI=1S/C12H22N2O4/c1-9(10(15)16)7-14(2)11(17)13-8-12(18-3)5-4-6-12/h9H,4-8H2,1-3H3,(H,13,17)(H,15,16). The van der Waals surface area contributed by atoms with Crippen molar-refractivity contribution in [3.8, 4) is 0 Å². The van der Waals surface area contributed by atoms with Gasteiger partial charge < -0.3 is 20.1 Å². The molecule has 1 atom stereocenters. The Morgan fingerprint density at radius 2 is 2.11 bits per heavy atom. The first-order valence-corrected chi connectivity index (χ1v) is 6.17. The highest BCUT2D eigenvalue weighted by Gasteiger charge is 2.37. The zero-order valence-corrected chi connectivity index (χ0v) is 11.2. The molecule has 0 saturated heterocycles. The number of rotatable bonds is 6. The average molecular weight is 258 g/mol. The molecule has 1 unspecified atom stereocenters. The maximum atomic E-state index is 11.8. The molecule has 0 aromatic rings. The van der Waals surface area contributed by atoms with E-state index >= 15 is 0 Å². The Hall–Kier alpha value is -1.30. The summed E-state index contributed by atoms with van der Waals surface area (Å²) in [6.07, 6.45) is 3.04. The van der Waals surface area contributed by atoms with Crippen molar-refractivity contribution in [3.05, 3.63) is 0 Å². The topological polar surface area (TPSA) is 78.9 Å². The molecule has 2 amide bonds. The Morgan fingerprint density at radius 1 is 1.50 bits per heavy atom. The lowest BCUT2D eigenvalue weighted by atomic mass is 9.80. The molecular formula is C12H22N2O4. The summed E-state index contributed by atoms with van der Waals surface area (Å²) >= 11 is 0. The van der Waals surface area contributed by atoms with E-state index in [1.807, 2.05) is 0 Å². The van der Waals surface area contributed by atoms with Crippen LogP contribution in [0, 0.1) is 5.92 Å². The summed E-state index contributed by atoms with van der Waals surface area (Å²) in [5.41, 5.74) is -0.213. The van der Waals surface area contributed by atoms with Gasteiger partial charge in [-0.3, -0.25) is 4.79 Å². The van der Waals surface area contributed by atoms with E-state index < -0.39 is 11.9 Å². The molecule has 1 fully saturated rings. The minimum Gasteiger partial charge on any atom is -0.481 e. The van der Waals surface area contributed by atoms with Crippen LogP contribution in [0.2, 0.25) is 0 Å². The normalized spacial score (nSPS) is 18.6. The lowest BCUT2D eigenvalue weighted by Crippen LogP contribution is -2.52. The Labute approximate surface area is 107 Å². The second-order valence-electron chi connectivity index (χ2n) is 5.02. The highest BCUT2D eigenvalue weighted by Crippen LogP contribution is 2.34. The predicted octanol–water partition coefficient (Wildman–Crippen LogP) is 0.918. The number of amides is 2. The molecule has 0 radical (unpaired) electrons. The number of hydrogen-bond donors (Lipinski definition) is 2. The van der Waals surface area contributed by atoms with Crippen LogP contribution in [0.4, 0.5) is 4.79 Å². The highest BCUT2D eigenvalue weighted by molar-refractivity contribution is 5.75. The molecule has 0 spiro atoms. The van der Waals surface area contributed by atoms with Crippen molar-refractivity contribution in [1.82, 2.24) is 10.2 Å². The number of hydrogen-bond acceptors (Lipinski definition) is 3. The third-order valence-electron chi connectivity index (χ3n) is 3.58. The first kappa shape index (κ1) is 14.8. The lowest BCUT2D eigenvalue weighted by Gasteiger charge is -2.40. The summed E-state index contributed by atoms with van der Waals surface area (Å²) < 4.78 is 5.40. The summed E-state index contributed by atoms with van der Waals surface area (Å²) in [6.45, 7) is 2.25. The van der Waals surface area contributed by atoms with Crippen molar-refractivity contribution >= 4 is 12.0 Å². The Bertz CT molecular complexity index is 310. The SMILES string of the molecule is COC1(CNC(=O)N(C)CC(C)C(=O)O)CCC1. The summed E-state index contributed by atoms with van der Waals surface area (Å²) in [5.74, 6) is -1.47. The highest BCUT2D eigenvalue weighted by atomic mass is 16.5. The maximum absolute atomic E-state index is 11.8. The first-order valence-electron chi connectivity index (χ1n) is 6.17. The maximum Gasteiger partial charge on any atom is 0.317 e. The van der Waals surface area contributed by atoms with Gasteiger partial charge in [-0.25, -0.2) is 4.79 Å². The van der Waals surface area contributed by atoms with Crippen LogP contribution in [0.25, 0.3) is 0 Å². The molecule has 104 valence electrons. The number of carboxylic acid groups (broad SMARTS) is 1. The fourth-order valence-electron chi connectivity index (χ4n) is 1.97. The van der Waals surface area contributed by atoms with Crippen LogP contribution in [-0.4, -0.2) is 54.9 Å². The van der Waals surface area contributed by atoms with E-state index in [4.69, 9.17) is 9.84 Å². The van der Waals surface area contributed by atoms with E-state index in [1.54, 1.807) is 21.1 Å². The number of ether oxygens (including phenoxy) is 1. The van der Waals surface area contributed by atoms with E-state index in [0.717, 1.165) is 19.3 Å². The van der Waals surface area contributed by atoms with E-state index in [1.165, 1.54) is 4.90 Å². The number of carbonyl (C=O) groups excluding carboxylic acids is 1. The van der Waals surface area contributed by atoms with Crippen LogP contribution in [0.5, 0.6) is 0 Å². The molecule has 2 N–H and O–H groups in total. The molecule has 0 aromatic heterocycles. The van der Waals surface area contributed by atoms with Gasteiger partial charge in [0.25, 0.3) is 0 Å². The fraction of sp³-hybridized carbons (Fsp3) is 0.833. The minimum atomic E-state index is -0.901. The Balaban J connectivity index is 2.33. The van der Waals surface area contributed by atoms with Gasteiger partial charge in [0.15, 0.2) is 0 Å².